The van der Waals surface area contributed by atoms with Gasteiger partial charge >= 0.3 is 6.03 Å². The Hall–Kier alpha value is -4.46. The van der Waals surface area contributed by atoms with Gasteiger partial charge in [-0.05, 0) is 53.6 Å². The molecule has 7 nitrogen and oxygen atoms in total. The molecule has 0 aromatic heterocycles. The van der Waals surface area contributed by atoms with Gasteiger partial charge < -0.3 is 9.47 Å². The van der Waals surface area contributed by atoms with Crippen LogP contribution in [-0.4, -0.2) is 25.0 Å². The Morgan fingerprint density at radius 2 is 1.67 bits per heavy atom. The molecule has 166 valence electrons. The van der Waals surface area contributed by atoms with E-state index in [1.807, 2.05) is 30.3 Å². The highest BCUT2D eigenvalue weighted by Gasteiger charge is 2.36. The zero-order valence-electron chi connectivity index (χ0n) is 17.6. The van der Waals surface area contributed by atoms with Crippen molar-refractivity contribution in [2.75, 3.05) is 12.0 Å². The average Bonchev–Trinajstić information content (AvgIpc) is 2.82. The molecule has 1 aliphatic heterocycles. The first-order chi connectivity index (χ1) is 16.0. The van der Waals surface area contributed by atoms with Crippen molar-refractivity contribution in [1.29, 1.82) is 0 Å². The van der Waals surface area contributed by atoms with Gasteiger partial charge in [0.2, 0.25) is 0 Å². The predicted molar refractivity (Wildman–Crippen MR) is 119 cm³/mol. The highest BCUT2D eigenvalue weighted by molar-refractivity contribution is 6.39. The summed E-state index contributed by atoms with van der Waals surface area (Å²) in [6, 6.07) is 18.5. The summed E-state index contributed by atoms with van der Waals surface area (Å²) in [7, 11) is 1.48. The molecule has 4 rings (SSSR count). The van der Waals surface area contributed by atoms with E-state index >= 15 is 0 Å². The van der Waals surface area contributed by atoms with Crippen molar-refractivity contribution in [3.63, 3.8) is 0 Å². The minimum Gasteiger partial charge on any atom is -0.493 e. The maximum atomic E-state index is 13.2. The van der Waals surface area contributed by atoms with Gasteiger partial charge in [-0.2, -0.15) is 0 Å². The highest BCUT2D eigenvalue weighted by atomic mass is 19.1. The van der Waals surface area contributed by atoms with Gasteiger partial charge in [-0.15, -0.1) is 0 Å². The van der Waals surface area contributed by atoms with Gasteiger partial charge in [-0.1, -0.05) is 36.4 Å². The van der Waals surface area contributed by atoms with Crippen LogP contribution in [0.25, 0.3) is 6.08 Å². The summed E-state index contributed by atoms with van der Waals surface area (Å²) in [4.78, 5) is 38.3. The number of carbonyl (C=O) groups excluding carboxylic acids is 3. The number of benzene rings is 3. The van der Waals surface area contributed by atoms with Crippen molar-refractivity contribution >= 4 is 29.6 Å². The monoisotopic (exact) mass is 446 g/mol. The van der Waals surface area contributed by atoms with Gasteiger partial charge in [0, 0.05) is 0 Å². The Kier molecular flexibility index (Phi) is 6.17. The highest BCUT2D eigenvalue weighted by Crippen LogP contribution is 2.30. The van der Waals surface area contributed by atoms with E-state index in [0.717, 1.165) is 22.6 Å². The van der Waals surface area contributed by atoms with Crippen LogP contribution in [0.4, 0.5) is 14.9 Å². The smallest absolute Gasteiger partial charge is 0.335 e. The number of hydrogen-bond acceptors (Lipinski definition) is 5. The molecule has 33 heavy (non-hydrogen) atoms. The van der Waals surface area contributed by atoms with Crippen molar-refractivity contribution in [3.05, 3.63) is 95.3 Å². The normalized spacial score (nSPS) is 14.9. The lowest BCUT2D eigenvalue weighted by Gasteiger charge is -2.26. The largest absolute Gasteiger partial charge is 0.493 e. The number of halogens is 1. The number of anilines is 1. The predicted octanol–water partition coefficient (Wildman–Crippen LogP) is 4.08. The van der Waals surface area contributed by atoms with Gasteiger partial charge in [0.1, 0.15) is 18.0 Å². The van der Waals surface area contributed by atoms with Gasteiger partial charge in [0.15, 0.2) is 11.5 Å². The molecule has 0 aliphatic carbocycles. The van der Waals surface area contributed by atoms with Gasteiger partial charge in [-0.25, -0.2) is 14.1 Å². The molecule has 0 spiro atoms. The molecular weight excluding hydrogens is 427 g/mol. The second kappa shape index (κ2) is 9.35. The molecule has 1 fully saturated rings. The van der Waals surface area contributed by atoms with Crippen LogP contribution in [0.2, 0.25) is 0 Å². The van der Waals surface area contributed by atoms with E-state index in [-0.39, 0.29) is 11.3 Å². The maximum Gasteiger partial charge on any atom is 0.335 e. The van der Waals surface area contributed by atoms with E-state index in [0.29, 0.717) is 23.7 Å². The second-order valence-corrected chi connectivity index (χ2v) is 7.12. The molecule has 0 atom stereocenters. The summed E-state index contributed by atoms with van der Waals surface area (Å²) >= 11 is 0. The minimum absolute atomic E-state index is 0.138. The Balaban J connectivity index is 1.60. The molecule has 8 heteroatoms. The number of carbonyl (C=O) groups is 3. The Labute approximate surface area is 189 Å². The summed E-state index contributed by atoms with van der Waals surface area (Å²) in [5.74, 6) is -1.26. The molecule has 3 aromatic rings. The summed E-state index contributed by atoms with van der Waals surface area (Å²) in [6.45, 7) is 0.341. The third-order valence-corrected chi connectivity index (χ3v) is 4.92. The van der Waals surface area contributed by atoms with Crippen LogP contribution in [-0.2, 0) is 16.2 Å². The van der Waals surface area contributed by atoms with Crippen LogP contribution in [0.1, 0.15) is 11.1 Å². The lowest BCUT2D eigenvalue weighted by molar-refractivity contribution is -0.122. The second-order valence-electron chi connectivity index (χ2n) is 7.12. The van der Waals surface area contributed by atoms with E-state index in [1.54, 1.807) is 18.2 Å². The van der Waals surface area contributed by atoms with E-state index in [2.05, 4.69) is 5.32 Å². The van der Waals surface area contributed by atoms with Crippen molar-refractivity contribution in [2.24, 2.45) is 0 Å². The van der Waals surface area contributed by atoms with Crippen molar-refractivity contribution in [3.8, 4) is 11.5 Å². The lowest BCUT2D eigenvalue weighted by atomic mass is 10.1. The SMILES string of the molecule is COc1cc(/C=C2\C(=O)NC(=O)N(c3ccc(F)cc3)C2=O)ccc1OCc1ccccc1. The summed E-state index contributed by atoms with van der Waals surface area (Å²) in [5, 5.41) is 2.13. The molecule has 1 N–H and O–H groups in total. The van der Waals surface area contributed by atoms with Crippen LogP contribution in [0.5, 0.6) is 11.5 Å². The number of hydrogen-bond donors (Lipinski definition) is 1. The Morgan fingerprint density at radius 1 is 0.939 bits per heavy atom. The molecule has 3 aromatic carbocycles. The quantitative estimate of drug-likeness (QED) is 0.456. The molecule has 0 bridgehead atoms. The molecule has 4 amide bonds. The number of rotatable bonds is 6. The van der Waals surface area contributed by atoms with Gasteiger partial charge in [0.05, 0.1) is 12.8 Å². The fourth-order valence-electron chi connectivity index (χ4n) is 3.28. The van der Waals surface area contributed by atoms with Crippen LogP contribution in [0.3, 0.4) is 0 Å². The van der Waals surface area contributed by atoms with Crippen molar-refractivity contribution in [2.45, 2.75) is 6.61 Å². The molecule has 1 heterocycles. The van der Waals surface area contributed by atoms with E-state index in [4.69, 9.17) is 9.47 Å². The molecule has 0 radical (unpaired) electrons. The number of nitrogens with zero attached hydrogens (tertiary/aromatic N) is 1. The molecule has 1 saturated heterocycles. The zero-order valence-corrected chi connectivity index (χ0v) is 17.6. The Bertz CT molecular complexity index is 1240. The number of nitrogens with one attached hydrogen (secondary N) is 1. The number of urea groups is 1. The van der Waals surface area contributed by atoms with Crippen molar-refractivity contribution < 1.29 is 28.2 Å². The lowest BCUT2D eigenvalue weighted by Crippen LogP contribution is -2.54. The third-order valence-electron chi connectivity index (χ3n) is 4.92. The van der Waals surface area contributed by atoms with E-state index < -0.39 is 23.7 Å². The molecule has 0 unspecified atom stereocenters. The van der Waals surface area contributed by atoms with Crippen LogP contribution < -0.4 is 19.7 Å². The maximum absolute atomic E-state index is 13.2. The van der Waals surface area contributed by atoms with Gasteiger partial charge in [-0.3, -0.25) is 14.9 Å². The molecule has 1 aliphatic rings. The first kappa shape index (κ1) is 21.8. The Morgan fingerprint density at radius 3 is 2.36 bits per heavy atom. The topological polar surface area (TPSA) is 84.9 Å². The van der Waals surface area contributed by atoms with E-state index in [9.17, 15) is 18.8 Å². The zero-order chi connectivity index (χ0) is 23.4. The molecule has 0 saturated carbocycles. The number of methoxy groups -OCH3 is 1. The van der Waals surface area contributed by atoms with Crippen LogP contribution >= 0.6 is 0 Å². The van der Waals surface area contributed by atoms with Gasteiger partial charge in [0.25, 0.3) is 11.8 Å². The number of imide groups is 2. The van der Waals surface area contributed by atoms with Crippen LogP contribution in [0.15, 0.2) is 78.4 Å². The summed E-state index contributed by atoms with van der Waals surface area (Å²) in [6.07, 6.45) is 1.35. The summed E-state index contributed by atoms with van der Waals surface area (Å²) < 4.78 is 24.5. The first-order valence-electron chi connectivity index (χ1n) is 9.98. The molecular formula is C25H19FN2O5. The van der Waals surface area contributed by atoms with Crippen molar-refractivity contribution in [1.82, 2.24) is 5.32 Å². The van der Waals surface area contributed by atoms with E-state index in [1.165, 1.54) is 25.3 Å². The third kappa shape index (κ3) is 4.74. The fourth-order valence-corrected chi connectivity index (χ4v) is 3.28. The summed E-state index contributed by atoms with van der Waals surface area (Å²) in [5.41, 5.74) is 1.37. The number of barbiturate groups is 1. The fraction of sp³-hybridized carbons (Fsp3) is 0.0800. The number of ether oxygens (including phenoxy) is 2. The van der Waals surface area contributed by atoms with Crippen LogP contribution in [0, 0.1) is 5.82 Å². The minimum atomic E-state index is -0.906. The first-order valence-corrected chi connectivity index (χ1v) is 9.98. The standard InChI is InChI=1S/C25H19FN2O5/c1-32-22-14-17(7-12-21(22)33-15-16-5-3-2-4-6-16)13-20-23(29)27-25(31)28(24(20)30)19-10-8-18(26)9-11-19/h2-14H,15H2,1H3,(H,27,29,31)/b20-13+. The average molecular weight is 446 g/mol. The number of amides is 4.